The first kappa shape index (κ1) is 24.6. The van der Waals surface area contributed by atoms with Crippen molar-refractivity contribution >= 4 is 27.3 Å². The van der Waals surface area contributed by atoms with Crippen LogP contribution in [0.5, 0.6) is 5.75 Å². The molecule has 7 nitrogen and oxygen atoms in total. The summed E-state index contributed by atoms with van der Waals surface area (Å²) in [5.74, 6) is -0.535. The topological polar surface area (TPSA) is 76.2 Å². The molecule has 1 aliphatic heterocycles. The van der Waals surface area contributed by atoms with E-state index < -0.39 is 16.0 Å². The highest BCUT2D eigenvalue weighted by molar-refractivity contribution is 7.91. The number of ether oxygens (including phenoxy) is 2. The fourth-order valence-electron chi connectivity index (χ4n) is 3.72. The molecular formula is C22H29FN2O5S2. The van der Waals surface area contributed by atoms with Gasteiger partial charge in [0.2, 0.25) is 0 Å². The van der Waals surface area contributed by atoms with Gasteiger partial charge in [-0.15, -0.1) is 11.3 Å². The summed E-state index contributed by atoms with van der Waals surface area (Å²) < 4.78 is 52.2. The lowest BCUT2D eigenvalue weighted by atomic mass is 10.0. The van der Waals surface area contributed by atoms with E-state index in [9.17, 15) is 17.6 Å². The first-order valence-corrected chi connectivity index (χ1v) is 12.7. The van der Waals surface area contributed by atoms with Gasteiger partial charge in [-0.3, -0.25) is 4.90 Å². The molecule has 0 bridgehead atoms. The molecule has 0 amide bonds. The van der Waals surface area contributed by atoms with E-state index in [0.29, 0.717) is 43.9 Å². The zero-order valence-electron chi connectivity index (χ0n) is 18.8. The molecule has 0 fully saturated rings. The molecule has 10 heteroatoms. The first-order valence-electron chi connectivity index (χ1n) is 10.5. The number of thiophene rings is 1. The molecule has 1 aliphatic rings. The summed E-state index contributed by atoms with van der Waals surface area (Å²) in [5.41, 5.74) is 1.40. The van der Waals surface area contributed by atoms with E-state index in [2.05, 4.69) is 0 Å². The molecule has 1 aromatic carbocycles. The van der Waals surface area contributed by atoms with Crippen LogP contribution in [0.1, 0.15) is 46.1 Å². The van der Waals surface area contributed by atoms with Crippen molar-refractivity contribution in [1.29, 1.82) is 0 Å². The highest BCUT2D eigenvalue weighted by Gasteiger charge is 2.35. The van der Waals surface area contributed by atoms with Gasteiger partial charge < -0.3 is 9.47 Å². The van der Waals surface area contributed by atoms with Gasteiger partial charge in [0.1, 0.15) is 15.8 Å². The van der Waals surface area contributed by atoms with Crippen LogP contribution in [0.2, 0.25) is 0 Å². The first-order chi connectivity index (χ1) is 15.2. The third-order valence-corrected chi connectivity index (χ3v) is 9.19. The van der Waals surface area contributed by atoms with Gasteiger partial charge in [-0.2, -0.15) is 0 Å². The number of carbonyl (C=O) groups excluding carboxylic acids is 1. The standard InChI is InChI=1S/C22H29FN2O5S2/c1-5-6-10-24(2)32(27,28)22-20(21(26)30-4)17-9-11-25(14-19(17)31-22)13-15-7-8-16(29-3)12-18(15)23/h7-8,12H,5-6,9-11,13-14H2,1-4H3. The van der Waals surface area contributed by atoms with E-state index in [4.69, 9.17) is 9.47 Å². The number of methoxy groups -OCH3 is 2. The van der Waals surface area contributed by atoms with Crippen molar-refractivity contribution in [3.63, 3.8) is 0 Å². The number of halogens is 1. The molecule has 0 atom stereocenters. The van der Waals surface area contributed by atoms with Gasteiger partial charge >= 0.3 is 5.97 Å². The van der Waals surface area contributed by atoms with Crippen LogP contribution in [0.15, 0.2) is 22.4 Å². The second-order valence-corrected chi connectivity index (χ2v) is 11.1. The molecular weight excluding hydrogens is 455 g/mol. The van der Waals surface area contributed by atoms with E-state index in [1.54, 1.807) is 12.1 Å². The van der Waals surface area contributed by atoms with Crippen LogP contribution in [0.3, 0.4) is 0 Å². The molecule has 0 saturated heterocycles. The minimum atomic E-state index is -3.82. The maximum atomic E-state index is 14.4. The molecule has 1 aromatic heterocycles. The van der Waals surface area contributed by atoms with Gasteiger partial charge in [0.05, 0.1) is 19.8 Å². The van der Waals surface area contributed by atoms with Crippen molar-refractivity contribution in [3.05, 3.63) is 45.6 Å². The van der Waals surface area contributed by atoms with Gasteiger partial charge in [0.15, 0.2) is 0 Å². The summed E-state index contributed by atoms with van der Waals surface area (Å²) in [6.07, 6.45) is 2.08. The van der Waals surface area contributed by atoms with Gasteiger partial charge in [-0.25, -0.2) is 21.9 Å². The van der Waals surface area contributed by atoms with Crippen molar-refractivity contribution in [2.45, 2.75) is 43.5 Å². The molecule has 0 unspecified atom stereocenters. The molecule has 176 valence electrons. The molecule has 32 heavy (non-hydrogen) atoms. The Hall–Kier alpha value is -2.01. The number of rotatable bonds is 9. The van der Waals surface area contributed by atoms with Crippen molar-refractivity contribution in [2.75, 3.05) is 34.4 Å². The van der Waals surface area contributed by atoms with Gasteiger partial charge in [0, 0.05) is 49.7 Å². The monoisotopic (exact) mass is 484 g/mol. The van der Waals surface area contributed by atoms with E-state index >= 15 is 0 Å². The zero-order chi connectivity index (χ0) is 23.5. The molecule has 3 rings (SSSR count). The van der Waals surface area contributed by atoms with Crippen LogP contribution < -0.4 is 4.74 Å². The SMILES string of the molecule is CCCCN(C)S(=O)(=O)c1sc2c(c1C(=O)OC)CCN(Cc1ccc(OC)cc1F)C2. The van der Waals surface area contributed by atoms with E-state index in [1.807, 2.05) is 11.8 Å². The van der Waals surface area contributed by atoms with E-state index in [1.165, 1.54) is 31.6 Å². The number of benzene rings is 1. The lowest BCUT2D eigenvalue weighted by Gasteiger charge is -2.27. The van der Waals surface area contributed by atoms with E-state index in [-0.39, 0.29) is 15.6 Å². The number of unbranched alkanes of at least 4 members (excludes halogenated alkanes) is 1. The largest absolute Gasteiger partial charge is 0.497 e. The average Bonchev–Trinajstić information content (AvgIpc) is 3.17. The highest BCUT2D eigenvalue weighted by atomic mass is 32.2. The Labute approximate surface area is 192 Å². The summed E-state index contributed by atoms with van der Waals surface area (Å²) in [7, 11) is 0.451. The Balaban J connectivity index is 1.91. The summed E-state index contributed by atoms with van der Waals surface area (Å²) in [6.45, 7) is 3.75. The molecule has 0 radical (unpaired) electrons. The average molecular weight is 485 g/mol. The van der Waals surface area contributed by atoms with Crippen LogP contribution >= 0.6 is 11.3 Å². The maximum Gasteiger partial charge on any atom is 0.340 e. The number of carbonyl (C=O) groups is 1. The van der Waals surface area contributed by atoms with Crippen LogP contribution in [0.4, 0.5) is 4.39 Å². The fourth-order valence-corrected chi connectivity index (χ4v) is 7.05. The Morgan fingerprint density at radius 1 is 1.31 bits per heavy atom. The van der Waals surface area contributed by atoms with Crippen LogP contribution in [-0.2, 0) is 34.3 Å². The van der Waals surface area contributed by atoms with Gasteiger partial charge in [-0.05, 0) is 24.5 Å². The fraction of sp³-hybridized carbons (Fsp3) is 0.500. The molecule has 2 aromatic rings. The third kappa shape index (κ3) is 4.98. The Bertz CT molecular complexity index is 1080. The van der Waals surface area contributed by atoms with Crippen molar-refractivity contribution < 1.29 is 27.1 Å². The predicted octanol–water partition coefficient (Wildman–Crippen LogP) is 3.66. The predicted molar refractivity (Wildman–Crippen MR) is 121 cm³/mol. The summed E-state index contributed by atoms with van der Waals surface area (Å²) in [6, 6.07) is 4.75. The lowest BCUT2D eigenvalue weighted by molar-refractivity contribution is 0.0595. The molecule has 0 spiro atoms. The number of sulfonamides is 1. The molecule has 0 saturated carbocycles. The zero-order valence-corrected chi connectivity index (χ0v) is 20.4. The number of nitrogens with zero attached hydrogens (tertiary/aromatic N) is 2. The molecule has 0 aliphatic carbocycles. The minimum absolute atomic E-state index is 0.0328. The van der Waals surface area contributed by atoms with Crippen LogP contribution in [0.25, 0.3) is 0 Å². The Morgan fingerprint density at radius 3 is 2.69 bits per heavy atom. The molecule has 2 heterocycles. The smallest absolute Gasteiger partial charge is 0.340 e. The van der Waals surface area contributed by atoms with Crippen molar-refractivity contribution in [3.8, 4) is 5.75 Å². The van der Waals surface area contributed by atoms with Crippen LogP contribution in [0, 0.1) is 5.82 Å². The summed E-state index contributed by atoms with van der Waals surface area (Å²) in [5, 5.41) is 0. The number of hydrogen-bond donors (Lipinski definition) is 0. The Morgan fingerprint density at radius 2 is 2.06 bits per heavy atom. The highest BCUT2D eigenvalue weighted by Crippen LogP contribution is 2.38. The second-order valence-electron chi connectivity index (χ2n) is 7.76. The summed E-state index contributed by atoms with van der Waals surface area (Å²) >= 11 is 1.11. The third-order valence-electron chi connectivity index (χ3n) is 5.62. The number of esters is 1. The molecule has 0 N–H and O–H groups in total. The number of fused-ring (bicyclic) bond motifs is 1. The van der Waals surface area contributed by atoms with Crippen molar-refractivity contribution in [1.82, 2.24) is 9.21 Å². The lowest BCUT2D eigenvalue weighted by Crippen LogP contribution is -2.30. The van der Waals surface area contributed by atoms with Gasteiger partial charge in [0.25, 0.3) is 10.0 Å². The van der Waals surface area contributed by atoms with Crippen molar-refractivity contribution in [2.24, 2.45) is 0 Å². The Kier molecular flexibility index (Phi) is 7.92. The maximum absolute atomic E-state index is 14.4. The normalized spacial score (nSPS) is 14.4. The number of hydrogen-bond acceptors (Lipinski definition) is 7. The van der Waals surface area contributed by atoms with Gasteiger partial charge in [-0.1, -0.05) is 19.4 Å². The van der Waals surface area contributed by atoms with Crippen LogP contribution in [-0.4, -0.2) is 57.9 Å². The minimum Gasteiger partial charge on any atom is -0.497 e. The second kappa shape index (κ2) is 10.3. The summed E-state index contributed by atoms with van der Waals surface area (Å²) in [4.78, 5) is 15.4. The van der Waals surface area contributed by atoms with E-state index in [0.717, 1.165) is 34.6 Å². The quantitative estimate of drug-likeness (QED) is 0.506.